The van der Waals surface area contributed by atoms with E-state index in [0.717, 1.165) is 10.4 Å². The Hall–Kier alpha value is -2.21. The van der Waals surface area contributed by atoms with E-state index >= 15 is 0 Å². The van der Waals surface area contributed by atoms with Crippen molar-refractivity contribution in [1.82, 2.24) is 14.8 Å². The largest absolute Gasteiger partial charge is 0.332 e. The van der Waals surface area contributed by atoms with E-state index < -0.39 is 0 Å². The lowest BCUT2D eigenvalue weighted by Crippen LogP contribution is -2.18. The maximum Gasteiger partial charge on any atom is 0.293 e. The summed E-state index contributed by atoms with van der Waals surface area (Å²) in [6.45, 7) is 2.04. The van der Waals surface area contributed by atoms with Crippen molar-refractivity contribution in [2.75, 3.05) is 5.32 Å². The molecule has 0 saturated heterocycles. The van der Waals surface area contributed by atoms with Gasteiger partial charge < -0.3 is 5.32 Å². The number of nitrogens with zero attached hydrogens (tertiary/aromatic N) is 3. The highest BCUT2D eigenvalue weighted by atomic mass is 32.1. The molecule has 0 aliphatic heterocycles. The third kappa shape index (κ3) is 2.22. The first-order chi connectivity index (χ1) is 9.13. The number of thiazole rings is 1. The molecule has 1 aromatic carbocycles. The molecule has 0 unspecified atom stereocenters. The van der Waals surface area contributed by atoms with E-state index in [1.165, 1.54) is 21.6 Å². The van der Waals surface area contributed by atoms with Gasteiger partial charge in [0.1, 0.15) is 0 Å². The minimum Gasteiger partial charge on any atom is -0.332 e. The SMILES string of the molecule is Cc1ccc(Nc2nc3c(=O)n(C)ncc3s2)cc1. The zero-order chi connectivity index (χ0) is 13.4. The molecule has 0 atom stereocenters. The molecule has 3 rings (SSSR count). The van der Waals surface area contributed by atoms with Crippen LogP contribution in [0.15, 0.2) is 35.3 Å². The molecule has 0 amide bonds. The van der Waals surface area contributed by atoms with Crippen molar-refractivity contribution in [3.05, 3.63) is 46.4 Å². The second-order valence-electron chi connectivity index (χ2n) is 4.30. The Morgan fingerprint density at radius 2 is 2.00 bits per heavy atom. The molecule has 96 valence electrons. The lowest BCUT2D eigenvalue weighted by atomic mass is 10.2. The number of aromatic nitrogens is 3. The molecule has 0 spiro atoms. The van der Waals surface area contributed by atoms with Gasteiger partial charge in [0, 0.05) is 12.7 Å². The number of hydrogen-bond donors (Lipinski definition) is 1. The fourth-order valence-electron chi connectivity index (χ4n) is 1.73. The Labute approximate surface area is 113 Å². The normalized spacial score (nSPS) is 10.8. The summed E-state index contributed by atoms with van der Waals surface area (Å²) in [6.07, 6.45) is 1.66. The molecule has 0 bridgehead atoms. The molecular formula is C13H12N4OS. The van der Waals surface area contributed by atoms with E-state index in [0.29, 0.717) is 10.6 Å². The fraction of sp³-hybridized carbons (Fsp3) is 0.154. The van der Waals surface area contributed by atoms with Crippen LogP contribution in [0.3, 0.4) is 0 Å². The summed E-state index contributed by atoms with van der Waals surface area (Å²) in [4.78, 5) is 16.2. The summed E-state index contributed by atoms with van der Waals surface area (Å²) < 4.78 is 2.08. The van der Waals surface area contributed by atoms with E-state index in [4.69, 9.17) is 0 Å². The van der Waals surface area contributed by atoms with E-state index in [1.54, 1.807) is 13.2 Å². The van der Waals surface area contributed by atoms with Crippen molar-refractivity contribution in [2.24, 2.45) is 7.05 Å². The lowest BCUT2D eigenvalue weighted by molar-refractivity contribution is 0.717. The average Bonchev–Trinajstić information content (AvgIpc) is 2.80. The van der Waals surface area contributed by atoms with Crippen LogP contribution in [0.1, 0.15) is 5.56 Å². The van der Waals surface area contributed by atoms with Crippen LogP contribution >= 0.6 is 11.3 Å². The minimum atomic E-state index is -0.175. The molecule has 2 heterocycles. The Balaban J connectivity index is 2.00. The number of nitrogens with one attached hydrogen (secondary N) is 1. The van der Waals surface area contributed by atoms with Gasteiger partial charge in [-0.15, -0.1) is 0 Å². The van der Waals surface area contributed by atoms with Crippen molar-refractivity contribution >= 4 is 32.4 Å². The predicted molar refractivity (Wildman–Crippen MR) is 77.1 cm³/mol. The van der Waals surface area contributed by atoms with Gasteiger partial charge in [0.25, 0.3) is 5.56 Å². The van der Waals surface area contributed by atoms with Gasteiger partial charge in [0.2, 0.25) is 0 Å². The average molecular weight is 272 g/mol. The molecule has 0 saturated carbocycles. The predicted octanol–water partition coefficient (Wildman–Crippen LogP) is 2.44. The van der Waals surface area contributed by atoms with Gasteiger partial charge in [0.15, 0.2) is 10.6 Å². The summed E-state index contributed by atoms with van der Waals surface area (Å²) in [7, 11) is 1.62. The van der Waals surface area contributed by atoms with Gasteiger partial charge in [-0.3, -0.25) is 4.79 Å². The summed E-state index contributed by atoms with van der Waals surface area (Å²) in [6, 6.07) is 8.02. The number of rotatable bonds is 2. The van der Waals surface area contributed by atoms with Crippen LogP contribution in [0.4, 0.5) is 10.8 Å². The van der Waals surface area contributed by atoms with Gasteiger partial charge in [-0.1, -0.05) is 29.0 Å². The Morgan fingerprint density at radius 1 is 1.26 bits per heavy atom. The van der Waals surface area contributed by atoms with Gasteiger partial charge in [0.05, 0.1) is 10.9 Å². The summed E-state index contributed by atoms with van der Waals surface area (Å²) in [5.41, 5.74) is 2.44. The van der Waals surface area contributed by atoms with Crippen LogP contribution in [-0.4, -0.2) is 14.8 Å². The zero-order valence-electron chi connectivity index (χ0n) is 10.5. The van der Waals surface area contributed by atoms with E-state index in [1.807, 2.05) is 31.2 Å². The first-order valence-electron chi connectivity index (χ1n) is 5.80. The van der Waals surface area contributed by atoms with Crippen LogP contribution in [0.2, 0.25) is 0 Å². The third-order valence-corrected chi connectivity index (χ3v) is 3.71. The zero-order valence-corrected chi connectivity index (χ0v) is 11.4. The third-order valence-electron chi connectivity index (χ3n) is 2.80. The number of fused-ring (bicyclic) bond motifs is 1. The molecule has 3 aromatic rings. The number of benzene rings is 1. The highest BCUT2D eigenvalue weighted by Gasteiger charge is 2.09. The van der Waals surface area contributed by atoms with Gasteiger partial charge in [-0.05, 0) is 19.1 Å². The smallest absolute Gasteiger partial charge is 0.293 e. The van der Waals surface area contributed by atoms with E-state index in [9.17, 15) is 4.79 Å². The Bertz CT molecular complexity index is 789. The second-order valence-corrected chi connectivity index (χ2v) is 5.33. The topological polar surface area (TPSA) is 59.8 Å². The molecule has 0 aliphatic carbocycles. The van der Waals surface area contributed by atoms with Crippen LogP contribution < -0.4 is 10.9 Å². The molecule has 0 fully saturated rings. The van der Waals surface area contributed by atoms with Crippen LogP contribution in [0.25, 0.3) is 10.2 Å². The Kier molecular flexibility index (Phi) is 2.79. The molecule has 1 N–H and O–H groups in total. The summed E-state index contributed by atoms with van der Waals surface area (Å²) >= 11 is 1.42. The number of hydrogen-bond acceptors (Lipinski definition) is 5. The van der Waals surface area contributed by atoms with Crippen LogP contribution in [0, 0.1) is 6.92 Å². The second kappa shape index (κ2) is 4.47. The van der Waals surface area contributed by atoms with Gasteiger partial charge >= 0.3 is 0 Å². The van der Waals surface area contributed by atoms with E-state index in [-0.39, 0.29) is 5.56 Å². The quantitative estimate of drug-likeness (QED) is 0.778. The Morgan fingerprint density at radius 3 is 2.74 bits per heavy atom. The highest BCUT2D eigenvalue weighted by molar-refractivity contribution is 7.22. The number of anilines is 2. The molecule has 19 heavy (non-hydrogen) atoms. The minimum absolute atomic E-state index is 0.175. The maximum absolute atomic E-state index is 11.9. The molecule has 5 nitrogen and oxygen atoms in total. The summed E-state index contributed by atoms with van der Waals surface area (Å²) in [5.74, 6) is 0. The van der Waals surface area contributed by atoms with Crippen molar-refractivity contribution in [3.8, 4) is 0 Å². The fourth-order valence-corrected chi connectivity index (χ4v) is 2.57. The first-order valence-corrected chi connectivity index (χ1v) is 6.62. The summed E-state index contributed by atoms with van der Waals surface area (Å²) in [5, 5.41) is 7.88. The lowest BCUT2D eigenvalue weighted by Gasteiger charge is -2.01. The number of aryl methyl sites for hydroxylation is 2. The molecule has 0 radical (unpaired) electrons. The van der Waals surface area contributed by atoms with Crippen molar-refractivity contribution in [1.29, 1.82) is 0 Å². The van der Waals surface area contributed by atoms with Gasteiger partial charge in [-0.2, -0.15) is 5.10 Å². The van der Waals surface area contributed by atoms with Crippen molar-refractivity contribution in [3.63, 3.8) is 0 Å². The van der Waals surface area contributed by atoms with E-state index in [2.05, 4.69) is 15.4 Å². The van der Waals surface area contributed by atoms with Crippen LogP contribution in [-0.2, 0) is 7.05 Å². The maximum atomic E-state index is 11.9. The molecule has 2 aromatic heterocycles. The monoisotopic (exact) mass is 272 g/mol. The van der Waals surface area contributed by atoms with Crippen LogP contribution in [0.5, 0.6) is 0 Å². The molecular weight excluding hydrogens is 260 g/mol. The highest BCUT2D eigenvalue weighted by Crippen LogP contribution is 2.25. The van der Waals surface area contributed by atoms with Gasteiger partial charge in [-0.25, -0.2) is 9.67 Å². The standard InChI is InChI=1S/C13H12N4OS/c1-8-3-5-9(6-4-8)15-13-16-11-10(19-13)7-14-17(2)12(11)18/h3-7H,1-2H3,(H,15,16). The first kappa shape index (κ1) is 11.9. The molecule has 6 heteroatoms. The van der Waals surface area contributed by atoms with Crippen molar-refractivity contribution in [2.45, 2.75) is 6.92 Å². The molecule has 0 aliphatic rings. The van der Waals surface area contributed by atoms with Crippen molar-refractivity contribution < 1.29 is 0 Å².